The Morgan fingerprint density at radius 3 is 2.74 bits per heavy atom. The van der Waals surface area contributed by atoms with Crippen molar-refractivity contribution in [1.82, 2.24) is 10.1 Å². The Balaban J connectivity index is 1.94. The molecule has 1 saturated carbocycles. The van der Waals surface area contributed by atoms with Gasteiger partial charge >= 0.3 is 0 Å². The lowest BCUT2D eigenvalue weighted by molar-refractivity contribution is 0.285. The van der Waals surface area contributed by atoms with Crippen LogP contribution in [0.1, 0.15) is 37.1 Å². The number of nitrogens with two attached hydrogens (primary N) is 1. The summed E-state index contributed by atoms with van der Waals surface area (Å²) in [6.45, 7) is 2.04. The highest BCUT2D eigenvalue weighted by Gasteiger charge is 2.36. The Morgan fingerprint density at radius 1 is 1.32 bits per heavy atom. The third-order valence-electron chi connectivity index (χ3n) is 3.78. The summed E-state index contributed by atoms with van der Waals surface area (Å²) in [5, 5.41) is 4.06. The zero-order valence-electron chi connectivity index (χ0n) is 10.8. The molecule has 0 atom stereocenters. The van der Waals surface area contributed by atoms with E-state index in [4.69, 9.17) is 10.3 Å². The van der Waals surface area contributed by atoms with E-state index in [0.717, 1.165) is 35.7 Å². The smallest absolute Gasteiger partial charge is 0.247 e. The first kappa shape index (κ1) is 12.8. The van der Waals surface area contributed by atoms with Gasteiger partial charge in [-0.15, -0.1) is 0 Å². The van der Waals surface area contributed by atoms with E-state index in [1.165, 1.54) is 5.56 Å². The first-order valence-corrected chi connectivity index (χ1v) is 7.27. The number of rotatable bonds is 2. The van der Waals surface area contributed by atoms with Crippen molar-refractivity contribution >= 4 is 15.9 Å². The fourth-order valence-corrected chi connectivity index (χ4v) is 2.87. The number of halogens is 1. The van der Waals surface area contributed by atoms with E-state index >= 15 is 0 Å². The summed E-state index contributed by atoms with van der Waals surface area (Å²) in [4.78, 5) is 4.48. The van der Waals surface area contributed by atoms with Gasteiger partial charge < -0.3 is 10.3 Å². The third-order valence-corrected chi connectivity index (χ3v) is 4.63. The van der Waals surface area contributed by atoms with E-state index in [1.807, 2.05) is 25.1 Å². The van der Waals surface area contributed by atoms with Crippen LogP contribution in [0.25, 0.3) is 11.4 Å². The van der Waals surface area contributed by atoms with Crippen molar-refractivity contribution in [3.05, 3.63) is 34.1 Å². The Hall–Kier alpha value is -1.20. The number of benzene rings is 1. The maximum absolute atomic E-state index is 6.32. The maximum atomic E-state index is 6.32. The molecule has 0 aliphatic heterocycles. The molecule has 3 rings (SSSR count). The first-order chi connectivity index (χ1) is 9.08. The van der Waals surface area contributed by atoms with Gasteiger partial charge in [0, 0.05) is 10.0 Å². The minimum Gasteiger partial charge on any atom is -0.337 e. The molecule has 0 saturated heterocycles. The molecule has 1 fully saturated rings. The fourth-order valence-electron chi connectivity index (χ4n) is 2.49. The van der Waals surface area contributed by atoms with Crippen LogP contribution in [-0.2, 0) is 5.54 Å². The molecule has 0 radical (unpaired) electrons. The lowest BCUT2D eigenvalue weighted by atomic mass is 9.99. The van der Waals surface area contributed by atoms with E-state index in [9.17, 15) is 0 Å². The fraction of sp³-hybridized carbons (Fsp3) is 0.429. The molecule has 0 spiro atoms. The summed E-state index contributed by atoms with van der Waals surface area (Å²) < 4.78 is 6.42. The number of aryl methyl sites for hydroxylation is 1. The summed E-state index contributed by atoms with van der Waals surface area (Å²) in [6.07, 6.45) is 4.10. The highest BCUT2D eigenvalue weighted by atomic mass is 79.9. The van der Waals surface area contributed by atoms with E-state index in [-0.39, 0.29) is 0 Å². The van der Waals surface area contributed by atoms with Gasteiger partial charge in [-0.05, 0) is 31.4 Å². The molecule has 0 amide bonds. The van der Waals surface area contributed by atoms with Crippen LogP contribution in [0.5, 0.6) is 0 Å². The van der Waals surface area contributed by atoms with Gasteiger partial charge in [0.2, 0.25) is 11.7 Å². The van der Waals surface area contributed by atoms with Crippen molar-refractivity contribution in [2.24, 2.45) is 5.73 Å². The van der Waals surface area contributed by atoms with Crippen LogP contribution in [0.15, 0.2) is 27.2 Å². The molecule has 1 aliphatic carbocycles. The quantitative estimate of drug-likeness (QED) is 0.918. The van der Waals surface area contributed by atoms with Crippen molar-refractivity contribution in [1.29, 1.82) is 0 Å². The van der Waals surface area contributed by atoms with Crippen LogP contribution in [0, 0.1) is 6.92 Å². The third kappa shape index (κ3) is 2.32. The largest absolute Gasteiger partial charge is 0.337 e. The minimum absolute atomic E-state index is 0.423. The van der Waals surface area contributed by atoms with E-state index in [0.29, 0.717) is 11.7 Å². The monoisotopic (exact) mass is 321 g/mol. The van der Waals surface area contributed by atoms with Crippen molar-refractivity contribution in [3.63, 3.8) is 0 Å². The maximum Gasteiger partial charge on any atom is 0.247 e. The average molecular weight is 322 g/mol. The Labute approximate surface area is 120 Å². The van der Waals surface area contributed by atoms with Crippen molar-refractivity contribution in [2.75, 3.05) is 0 Å². The highest BCUT2D eigenvalue weighted by molar-refractivity contribution is 9.10. The standard InChI is InChI=1S/C14H16BrN3O/c1-9-4-5-10(8-11(9)15)12-17-13(19-18-12)14(16)6-2-3-7-14/h4-5,8H,2-3,6-7,16H2,1H3. The second kappa shape index (κ2) is 4.72. The molecule has 2 N–H and O–H groups in total. The van der Waals surface area contributed by atoms with Crippen molar-refractivity contribution < 1.29 is 4.52 Å². The zero-order valence-corrected chi connectivity index (χ0v) is 12.4. The van der Waals surface area contributed by atoms with Crippen LogP contribution in [0.2, 0.25) is 0 Å². The Morgan fingerprint density at radius 2 is 2.05 bits per heavy atom. The lowest BCUT2D eigenvalue weighted by Crippen LogP contribution is -2.33. The highest BCUT2D eigenvalue weighted by Crippen LogP contribution is 2.36. The average Bonchev–Trinajstić information content (AvgIpc) is 3.02. The number of aromatic nitrogens is 2. The predicted octanol–water partition coefficient (Wildman–Crippen LogP) is 3.54. The normalized spacial score (nSPS) is 17.8. The molecule has 5 heteroatoms. The van der Waals surface area contributed by atoms with E-state index in [2.05, 4.69) is 26.1 Å². The van der Waals surface area contributed by atoms with Crippen molar-refractivity contribution in [3.8, 4) is 11.4 Å². The minimum atomic E-state index is -0.423. The van der Waals surface area contributed by atoms with Gasteiger partial charge in [0.05, 0.1) is 5.54 Å². The van der Waals surface area contributed by atoms with Crippen LogP contribution >= 0.6 is 15.9 Å². The van der Waals surface area contributed by atoms with Gasteiger partial charge in [0.1, 0.15) is 0 Å². The molecule has 1 aromatic carbocycles. The Bertz CT molecular complexity index is 602. The molecular weight excluding hydrogens is 306 g/mol. The second-order valence-electron chi connectivity index (χ2n) is 5.25. The lowest BCUT2D eigenvalue weighted by Gasteiger charge is -2.17. The van der Waals surface area contributed by atoms with Crippen LogP contribution < -0.4 is 5.73 Å². The molecule has 100 valence electrons. The molecule has 1 heterocycles. The van der Waals surface area contributed by atoms with Crippen molar-refractivity contribution in [2.45, 2.75) is 38.1 Å². The zero-order chi connectivity index (χ0) is 13.5. The van der Waals surface area contributed by atoms with Gasteiger partial charge in [-0.25, -0.2) is 0 Å². The summed E-state index contributed by atoms with van der Waals surface area (Å²) in [5.41, 5.74) is 8.02. The number of nitrogens with zero attached hydrogens (tertiary/aromatic N) is 2. The summed E-state index contributed by atoms with van der Waals surface area (Å²) in [6, 6.07) is 6.03. The Kier molecular flexibility index (Phi) is 3.19. The van der Waals surface area contributed by atoms with Gasteiger partial charge in [-0.2, -0.15) is 4.98 Å². The summed E-state index contributed by atoms with van der Waals surface area (Å²) >= 11 is 3.52. The first-order valence-electron chi connectivity index (χ1n) is 6.48. The van der Waals surface area contributed by atoms with Gasteiger partial charge in [-0.1, -0.05) is 46.1 Å². The number of hydrogen-bond acceptors (Lipinski definition) is 4. The topological polar surface area (TPSA) is 64.9 Å². The molecule has 0 unspecified atom stereocenters. The second-order valence-corrected chi connectivity index (χ2v) is 6.10. The molecule has 2 aromatic rings. The van der Waals surface area contributed by atoms with Crippen LogP contribution in [0.3, 0.4) is 0 Å². The SMILES string of the molecule is Cc1ccc(-c2noc(C3(N)CCCC3)n2)cc1Br. The van der Waals surface area contributed by atoms with Gasteiger partial charge in [0.15, 0.2) is 0 Å². The molecule has 19 heavy (non-hydrogen) atoms. The van der Waals surface area contributed by atoms with Crippen LogP contribution in [0.4, 0.5) is 0 Å². The summed E-state index contributed by atoms with van der Waals surface area (Å²) in [5.74, 6) is 1.17. The van der Waals surface area contributed by atoms with Crippen LogP contribution in [-0.4, -0.2) is 10.1 Å². The molecule has 0 bridgehead atoms. The predicted molar refractivity (Wildman–Crippen MR) is 76.5 cm³/mol. The molecule has 1 aliphatic rings. The number of hydrogen-bond donors (Lipinski definition) is 1. The van der Waals surface area contributed by atoms with Gasteiger partial charge in [-0.3, -0.25) is 0 Å². The molecular formula is C14H16BrN3O. The molecule has 1 aromatic heterocycles. The summed E-state index contributed by atoms with van der Waals surface area (Å²) in [7, 11) is 0. The van der Waals surface area contributed by atoms with E-state index < -0.39 is 5.54 Å². The van der Waals surface area contributed by atoms with E-state index in [1.54, 1.807) is 0 Å². The molecule has 4 nitrogen and oxygen atoms in total. The van der Waals surface area contributed by atoms with Gasteiger partial charge in [0.25, 0.3) is 0 Å².